The van der Waals surface area contributed by atoms with Crippen LogP contribution in [0.2, 0.25) is 0 Å². The van der Waals surface area contributed by atoms with Gasteiger partial charge in [0.25, 0.3) is 0 Å². The average Bonchev–Trinajstić information content (AvgIpc) is 2.34. The van der Waals surface area contributed by atoms with Crippen molar-refractivity contribution in [1.29, 1.82) is 0 Å². The lowest BCUT2D eigenvalue weighted by atomic mass is 10.1. The maximum atomic E-state index is 13.0. The molecule has 2 nitrogen and oxygen atoms in total. The highest BCUT2D eigenvalue weighted by Gasteiger charge is 2.08. The summed E-state index contributed by atoms with van der Waals surface area (Å²) < 4.78 is 19.6. The van der Waals surface area contributed by atoms with Crippen LogP contribution in [0.15, 0.2) is 40.9 Å². The maximum Gasteiger partial charge on any atom is 0.141 e. The number of hydrogen-bond acceptors (Lipinski definition) is 2. The van der Waals surface area contributed by atoms with Gasteiger partial charge in [0.05, 0.1) is 4.47 Å². The zero-order chi connectivity index (χ0) is 14.0. The summed E-state index contributed by atoms with van der Waals surface area (Å²) in [5, 5.41) is 0. The van der Waals surface area contributed by atoms with Gasteiger partial charge in [-0.2, -0.15) is 0 Å². The molecule has 100 valence electrons. The van der Waals surface area contributed by atoms with Crippen molar-refractivity contribution in [3.05, 3.63) is 57.8 Å². The minimum atomic E-state index is -0.267. The molecule has 0 fully saturated rings. The number of nitrogens with two attached hydrogens (primary N) is 1. The molecule has 0 aliphatic carbocycles. The Morgan fingerprint density at radius 3 is 2.42 bits per heavy atom. The van der Waals surface area contributed by atoms with E-state index in [1.807, 2.05) is 32.0 Å². The molecule has 1 unspecified atom stereocenters. The van der Waals surface area contributed by atoms with Gasteiger partial charge in [0.1, 0.15) is 17.3 Å². The van der Waals surface area contributed by atoms with Crippen molar-refractivity contribution < 1.29 is 9.13 Å². The quantitative estimate of drug-likeness (QED) is 0.887. The summed E-state index contributed by atoms with van der Waals surface area (Å²) in [7, 11) is 0. The third kappa shape index (κ3) is 3.33. The van der Waals surface area contributed by atoms with Crippen LogP contribution >= 0.6 is 15.9 Å². The molecule has 0 bridgehead atoms. The molecule has 0 amide bonds. The molecule has 19 heavy (non-hydrogen) atoms. The van der Waals surface area contributed by atoms with Crippen molar-refractivity contribution in [1.82, 2.24) is 0 Å². The van der Waals surface area contributed by atoms with E-state index in [2.05, 4.69) is 15.9 Å². The summed E-state index contributed by atoms with van der Waals surface area (Å²) in [6.07, 6.45) is 0. The van der Waals surface area contributed by atoms with Crippen molar-refractivity contribution in [2.24, 2.45) is 5.73 Å². The SMILES string of the molecule is Cc1cc(F)ccc1Oc1ccc(C(C)N)cc1Br. The van der Waals surface area contributed by atoms with Gasteiger partial charge < -0.3 is 10.5 Å². The molecule has 4 heteroatoms. The van der Waals surface area contributed by atoms with E-state index >= 15 is 0 Å². The molecule has 0 heterocycles. The lowest BCUT2D eigenvalue weighted by Gasteiger charge is -2.12. The third-order valence-electron chi connectivity index (χ3n) is 2.84. The van der Waals surface area contributed by atoms with Crippen molar-refractivity contribution in [2.45, 2.75) is 19.9 Å². The monoisotopic (exact) mass is 323 g/mol. The Kier molecular flexibility index (Phi) is 4.22. The van der Waals surface area contributed by atoms with Crippen LogP contribution in [0.1, 0.15) is 24.1 Å². The number of benzene rings is 2. The molecule has 1 atom stereocenters. The summed E-state index contributed by atoms with van der Waals surface area (Å²) in [6, 6.07) is 10.1. The first-order valence-corrected chi connectivity index (χ1v) is 6.75. The normalized spacial score (nSPS) is 12.3. The number of ether oxygens (including phenoxy) is 1. The van der Waals surface area contributed by atoms with Gasteiger partial charge in [-0.25, -0.2) is 4.39 Å². The molecule has 0 spiro atoms. The van der Waals surface area contributed by atoms with E-state index in [1.165, 1.54) is 12.1 Å². The highest BCUT2D eigenvalue weighted by molar-refractivity contribution is 9.10. The van der Waals surface area contributed by atoms with E-state index in [-0.39, 0.29) is 11.9 Å². The van der Waals surface area contributed by atoms with E-state index < -0.39 is 0 Å². The standard InChI is InChI=1S/C15H15BrFNO/c1-9-7-12(17)4-6-14(9)19-15-5-3-11(10(2)18)8-13(15)16/h3-8,10H,18H2,1-2H3. The summed E-state index contributed by atoms with van der Waals surface area (Å²) in [5.74, 6) is 1.05. The van der Waals surface area contributed by atoms with Crippen molar-refractivity contribution in [3.63, 3.8) is 0 Å². The van der Waals surface area contributed by atoms with Gasteiger partial charge in [-0.15, -0.1) is 0 Å². The predicted octanol–water partition coefficient (Wildman–Crippen LogP) is 4.71. The van der Waals surface area contributed by atoms with Crippen LogP contribution in [-0.4, -0.2) is 0 Å². The fourth-order valence-corrected chi connectivity index (χ4v) is 2.21. The van der Waals surface area contributed by atoms with Crippen molar-refractivity contribution >= 4 is 15.9 Å². The van der Waals surface area contributed by atoms with Gasteiger partial charge >= 0.3 is 0 Å². The molecule has 2 aromatic carbocycles. The smallest absolute Gasteiger partial charge is 0.141 e. The molecule has 0 saturated heterocycles. The molecule has 2 aromatic rings. The first-order valence-electron chi connectivity index (χ1n) is 5.96. The van der Waals surface area contributed by atoms with E-state index in [4.69, 9.17) is 10.5 Å². The number of hydrogen-bond donors (Lipinski definition) is 1. The summed E-state index contributed by atoms with van der Waals surface area (Å²) >= 11 is 3.46. The van der Waals surface area contributed by atoms with Crippen LogP contribution in [0.25, 0.3) is 0 Å². The Labute approximate surface area is 120 Å². The predicted molar refractivity (Wildman–Crippen MR) is 78.0 cm³/mol. The maximum absolute atomic E-state index is 13.0. The highest BCUT2D eigenvalue weighted by atomic mass is 79.9. The van der Waals surface area contributed by atoms with Crippen molar-refractivity contribution in [2.75, 3.05) is 0 Å². The van der Waals surface area contributed by atoms with E-state index in [0.717, 1.165) is 15.6 Å². The van der Waals surface area contributed by atoms with Gasteiger partial charge in [0, 0.05) is 6.04 Å². The Hall–Kier alpha value is -1.39. The second-order valence-corrected chi connectivity index (χ2v) is 5.34. The fraction of sp³-hybridized carbons (Fsp3) is 0.200. The first kappa shape index (κ1) is 14.0. The van der Waals surface area contributed by atoms with Gasteiger partial charge in [0.15, 0.2) is 0 Å². The Balaban J connectivity index is 2.28. The molecular formula is C15H15BrFNO. The van der Waals surface area contributed by atoms with Crippen LogP contribution < -0.4 is 10.5 Å². The Morgan fingerprint density at radius 2 is 1.84 bits per heavy atom. The van der Waals surface area contributed by atoms with Gasteiger partial charge in [-0.05, 0) is 71.2 Å². The second-order valence-electron chi connectivity index (χ2n) is 4.49. The Bertz CT molecular complexity index is 599. The van der Waals surface area contributed by atoms with Crippen LogP contribution in [-0.2, 0) is 0 Å². The van der Waals surface area contributed by atoms with E-state index in [9.17, 15) is 4.39 Å². The van der Waals surface area contributed by atoms with Gasteiger partial charge in [0.2, 0.25) is 0 Å². The molecular weight excluding hydrogens is 309 g/mol. The molecule has 0 aliphatic rings. The summed E-state index contributed by atoms with van der Waals surface area (Å²) in [5.41, 5.74) is 7.60. The zero-order valence-corrected chi connectivity index (χ0v) is 12.4. The first-order chi connectivity index (χ1) is 8.97. The molecule has 0 aromatic heterocycles. The zero-order valence-electron chi connectivity index (χ0n) is 10.8. The largest absolute Gasteiger partial charge is 0.456 e. The lowest BCUT2D eigenvalue weighted by molar-refractivity contribution is 0.473. The fourth-order valence-electron chi connectivity index (χ4n) is 1.73. The Morgan fingerprint density at radius 1 is 1.16 bits per heavy atom. The number of rotatable bonds is 3. The molecule has 0 saturated carbocycles. The lowest BCUT2D eigenvalue weighted by Crippen LogP contribution is -2.04. The minimum absolute atomic E-state index is 0.0297. The topological polar surface area (TPSA) is 35.2 Å². The van der Waals surface area contributed by atoms with Gasteiger partial charge in [-0.1, -0.05) is 6.07 Å². The van der Waals surface area contributed by atoms with Crippen LogP contribution in [0.4, 0.5) is 4.39 Å². The molecule has 2 N–H and O–H groups in total. The van der Waals surface area contributed by atoms with Crippen LogP contribution in [0.5, 0.6) is 11.5 Å². The number of halogens is 2. The second kappa shape index (κ2) is 5.72. The van der Waals surface area contributed by atoms with Crippen LogP contribution in [0.3, 0.4) is 0 Å². The van der Waals surface area contributed by atoms with E-state index in [0.29, 0.717) is 11.5 Å². The minimum Gasteiger partial charge on any atom is -0.456 e. The van der Waals surface area contributed by atoms with E-state index in [1.54, 1.807) is 6.07 Å². The van der Waals surface area contributed by atoms with Gasteiger partial charge in [-0.3, -0.25) is 0 Å². The number of aryl methyl sites for hydroxylation is 1. The third-order valence-corrected chi connectivity index (χ3v) is 3.46. The molecule has 2 rings (SSSR count). The molecule has 0 aliphatic heterocycles. The van der Waals surface area contributed by atoms with Crippen LogP contribution in [0, 0.1) is 12.7 Å². The molecule has 0 radical (unpaired) electrons. The van der Waals surface area contributed by atoms with Crippen molar-refractivity contribution in [3.8, 4) is 11.5 Å². The summed E-state index contributed by atoms with van der Waals surface area (Å²) in [6.45, 7) is 3.73. The highest BCUT2D eigenvalue weighted by Crippen LogP contribution is 2.33. The average molecular weight is 324 g/mol. The summed E-state index contributed by atoms with van der Waals surface area (Å²) in [4.78, 5) is 0.